The van der Waals surface area contributed by atoms with E-state index in [0.717, 1.165) is 0 Å². The molecule has 128 valence electrons. The van der Waals surface area contributed by atoms with E-state index in [1.54, 1.807) is 20.8 Å². The second-order valence-corrected chi connectivity index (χ2v) is 8.79. The second kappa shape index (κ2) is 6.35. The molecule has 0 spiro atoms. The fourth-order valence-electron chi connectivity index (χ4n) is 2.27. The first-order chi connectivity index (χ1) is 10.5. The third kappa shape index (κ3) is 5.38. The summed E-state index contributed by atoms with van der Waals surface area (Å²) >= 11 is 0. The summed E-state index contributed by atoms with van der Waals surface area (Å²) in [4.78, 5) is 11.7. The van der Waals surface area contributed by atoms with E-state index in [1.165, 1.54) is 18.2 Å². The van der Waals surface area contributed by atoms with Crippen molar-refractivity contribution in [3.63, 3.8) is 0 Å². The molecule has 1 aliphatic heterocycles. The standard InChI is InChI=1S/C15H21FN2O4S/c1-15(2,3)22-14(19)18-13-8-10(4-5-12(13)16)17-11-6-7-23(20,21)9-11/h4-5,8,11,17H,6-7,9H2,1-3H3,(H,18,19). The van der Waals surface area contributed by atoms with Crippen molar-refractivity contribution in [1.82, 2.24) is 0 Å². The monoisotopic (exact) mass is 344 g/mol. The summed E-state index contributed by atoms with van der Waals surface area (Å²) in [7, 11) is -3.00. The van der Waals surface area contributed by atoms with E-state index < -0.39 is 27.3 Å². The van der Waals surface area contributed by atoms with Crippen molar-refractivity contribution < 1.29 is 22.3 Å². The van der Waals surface area contributed by atoms with Gasteiger partial charge < -0.3 is 10.1 Å². The van der Waals surface area contributed by atoms with Crippen molar-refractivity contribution in [3.05, 3.63) is 24.0 Å². The van der Waals surface area contributed by atoms with Crippen LogP contribution in [-0.4, -0.2) is 37.7 Å². The van der Waals surface area contributed by atoms with Gasteiger partial charge in [-0.3, -0.25) is 5.32 Å². The number of carbonyl (C=O) groups is 1. The number of hydrogen-bond acceptors (Lipinski definition) is 5. The molecule has 2 N–H and O–H groups in total. The lowest BCUT2D eigenvalue weighted by Crippen LogP contribution is -2.27. The van der Waals surface area contributed by atoms with Crippen molar-refractivity contribution >= 4 is 27.3 Å². The van der Waals surface area contributed by atoms with Crippen LogP contribution in [0.2, 0.25) is 0 Å². The van der Waals surface area contributed by atoms with Crippen LogP contribution >= 0.6 is 0 Å². The molecule has 1 fully saturated rings. The van der Waals surface area contributed by atoms with Crippen molar-refractivity contribution in [3.8, 4) is 0 Å². The minimum Gasteiger partial charge on any atom is -0.444 e. The minimum absolute atomic E-state index is 0.0231. The maximum atomic E-state index is 13.8. The number of rotatable bonds is 3. The molecule has 1 aromatic rings. The van der Waals surface area contributed by atoms with Crippen LogP contribution in [0.3, 0.4) is 0 Å². The van der Waals surface area contributed by atoms with Gasteiger partial charge in [0.2, 0.25) is 0 Å². The molecule has 8 heteroatoms. The first-order valence-electron chi connectivity index (χ1n) is 7.31. The molecule has 1 heterocycles. The maximum absolute atomic E-state index is 13.8. The van der Waals surface area contributed by atoms with Crippen LogP contribution in [0.5, 0.6) is 0 Å². The van der Waals surface area contributed by atoms with Gasteiger partial charge in [-0.15, -0.1) is 0 Å². The SMILES string of the molecule is CC(C)(C)OC(=O)Nc1cc(NC2CCS(=O)(=O)C2)ccc1F. The van der Waals surface area contributed by atoms with Crippen molar-refractivity contribution in [2.45, 2.75) is 38.8 Å². The van der Waals surface area contributed by atoms with Crippen LogP contribution < -0.4 is 10.6 Å². The second-order valence-electron chi connectivity index (χ2n) is 6.57. The highest BCUT2D eigenvalue weighted by molar-refractivity contribution is 7.91. The van der Waals surface area contributed by atoms with Gasteiger partial charge in [0.25, 0.3) is 0 Å². The Morgan fingerprint density at radius 3 is 2.61 bits per heavy atom. The Labute approximate surface area is 135 Å². The minimum atomic E-state index is -3.00. The number of hydrogen-bond donors (Lipinski definition) is 2. The Morgan fingerprint density at radius 2 is 2.04 bits per heavy atom. The summed E-state index contributed by atoms with van der Waals surface area (Å²) < 4.78 is 41.8. The third-order valence-corrected chi connectivity index (χ3v) is 4.97. The number of halogens is 1. The van der Waals surface area contributed by atoms with Crippen molar-refractivity contribution in [2.24, 2.45) is 0 Å². The van der Waals surface area contributed by atoms with Crippen LogP contribution in [-0.2, 0) is 14.6 Å². The quantitative estimate of drug-likeness (QED) is 0.881. The smallest absolute Gasteiger partial charge is 0.412 e. The van der Waals surface area contributed by atoms with E-state index in [0.29, 0.717) is 12.1 Å². The lowest BCUT2D eigenvalue weighted by atomic mass is 10.2. The van der Waals surface area contributed by atoms with Crippen LogP contribution in [0, 0.1) is 5.82 Å². The molecule has 1 amide bonds. The molecule has 1 saturated heterocycles. The predicted octanol–water partition coefficient (Wildman–Crippen LogP) is 2.77. The number of nitrogens with one attached hydrogen (secondary N) is 2. The van der Waals surface area contributed by atoms with Gasteiger partial charge >= 0.3 is 6.09 Å². The van der Waals surface area contributed by atoms with Gasteiger partial charge in [0.05, 0.1) is 17.2 Å². The molecule has 1 unspecified atom stereocenters. The molecule has 0 aliphatic carbocycles. The van der Waals surface area contributed by atoms with Crippen LogP contribution in [0.4, 0.5) is 20.6 Å². The zero-order valence-corrected chi connectivity index (χ0v) is 14.2. The van der Waals surface area contributed by atoms with Gasteiger partial charge in [-0.2, -0.15) is 0 Å². The molecule has 1 aromatic carbocycles. The zero-order valence-electron chi connectivity index (χ0n) is 13.3. The molecule has 1 atom stereocenters. The van der Waals surface area contributed by atoms with Gasteiger partial charge in [-0.25, -0.2) is 17.6 Å². The van der Waals surface area contributed by atoms with Gasteiger partial charge in [-0.05, 0) is 45.4 Å². The summed E-state index contributed by atoms with van der Waals surface area (Å²) in [5, 5.41) is 5.40. The average molecular weight is 344 g/mol. The van der Waals surface area contributed by atoms with E-state index in [4.69, 9.17) is 4.74 Å². The predicted molar refractivity (Wildman–Crippen MR) is 86.9 cm³/mol. The Hall–Kier alpha value is -1.83. The topological polar surface area (TPSA) is 84.5 Å². The number of amides is 1. The van der Waals surface area contributed by atoms with E-state index in [9.17, 15) is 17.6 Å². The average Bonchev–Trinajstić information content (AvgIpc) is 2.70. The van der Waals surface area contributed by atoms with Gasteiger partial charge in [0.15, 0.2) is 9.84 Å². The number of benzene rings is 1. The first kappa shape index (κ1) is 17.5. The summed E-state index contributed by atoms with van der Waals surface area (Å²) in [5.74, 6) is -0.394. The fourth-order valence-corrected chi connectivity index (χ4v) is 3.94. The normalized spacial score (nSPS) is 20.1. The van der Waals surface area contributed by atoms with E-state index in [-0.39, 0.29) is 23.2 Å². The van der Waals surface area contributed by atoms with Crippen LogP contribution in [0.15, 0.2) is 18.2 Å². The van der Waals surface area contributed by atoms with E-state index in [1.807, 2.05) is 0 Å². The lowest BCUT2D eigenvalue weighted by Gasteiger charge is -2.20. The van der Waals surface area contributed by atoms with Crippen LogP contribution in [0.1, 0.15) is 27.2 Å². The zero-order chi connectivity index (χ0) is 17.3. The molecule has 0 radical (unpaired) electrons. The maximum Gasteiger partial charge on any atom is 0.412 e. The molecule has 0 saturated carbocycles. The lowest BCUT2D eigenvalue weighted by molar-refractivity contribution is 0.0635. The molecule has 0 aromatic heterocycles. The molecule has 2 rings (SSSR count). The highest BCUT2D eigenvalue weighted by atomic mass is 32.2. The number of sulfone groups is 1. The summed E-state index contributed by atoms with van der Waals surface area (Å²) in [6, 6.07) is 3.92. The summed E-state index contributed by atoms with van der Waals surface area (Å²) in [5.41, 5.74) is -0.168. The van der Waals surface area contributed by atoms with Gasteiger partial charge in [0, 0.05) is 11.7 Å². The molecule has 23 heavy (non-hydrogen) atoms. The largest absolute Gasteiger partial charge is 0.444 e. The Balaban J connectivity index is 2.05. The Kier molecular flexibility index (Phi) is 4.84. The highest BCUT2D eigenvalue weighted by Gasteiger charge is 2.27. The first-order valence-corrected chi connectivity index (χ1v) is 9.13. The molecule has 6 nitrogen and oxygen atoms in total. The van der Waals surface area contributed by atoms with E-state index in [2.05, 4.69) is 10.6 Å². The number of ether oxygens (including phenoxy) is 1. The van der Waals surface area contributed by atoms with Gasteiger partial charge in [-0.1, -0.05) is 0 Å². The van der Waals surface area contributed by atoms with Crippen molar-refractivity contribution in [2.75, 3.05) is 22.1 Å². The molecular formula is C15H21FN2O4S. The third-order valence-electron chi connectivity index (χ3n) is 3.21. The Morgan fingerprint density at radius 1 is 1.35 bits per heavy atom. The van der Waals surface area contributed by atoms with Crippen molar-refractivity contribution in [1.29, 1.82) is 0 Å². The molecular weight excluding hydrogens is 323 g/mol. The highest BCUT2D eigenvalue weighted by Crippen LogP contribution is 2.23. The molecule has 1 aliphatic rings. The summed E-state index contributed by atoms with van der Waals surface area (Å²) in [6.07, 6.45) is -0.244. The fraction of sp³-hybridized carbons (Fsp3) is 0.533. The van der Waals surface area contributed by atoms with Gasteiger partial charge in [0.1, 0.15) is 11.4 Å². The molecule has 0 bridgehead atoms. The Bertz CT molecular complexity index is 698. The van der Waals surface area contributed by atoms with Crippen LogP contribution in [0.25, 0.3) is 0 Å². The number of anilines is 2. The van der Waals surface area contributed by atoms with E-state index >= 15 is 0 Å². The summed E-state index contributed by atoms with van der Waals surface area (Å²) in [6.45, 7) is 5.13. The number of carbonyl (C=O) groups excluding carboxylic acids is 1.